The largest absolute Gasteiger partial charge is 0.485 e. The molecule has 4 aliphatic heterocycles. The number of pyridine rings is 2. The number of aromatic nitrogens is 2. The molecular formula is C28H34N6O3. The van der Waals surface area contributed by atoms with E-state index in [-0.39, 0.29) is 5.91 Å². The van der Waals surface area contributed by atoms with Crippen molar-refractivity contribution in [3.8, 4) is 17.6 Å². The Balaban J connectivity index is 1.14. The predicted octanol–water partition coefficient (Wildman–Crippen LogP) is 2.67. The molecular weight excluding hydrogens is 468 g/mol. The SMILES string of the molecule is CC#CC(=O)N1CCC(N2CC(c3cc4c(c(C)n3)OCc3c(N5CCOCC5)ccnc3N4)C2)CC1. The normalized spacial score (nSPS) is 20.4. The van der Waals surface area contributed by atoms with Crippen molar-refractivity contribution in [2.75, 3.05) is 62.7 Å². The third kappa shape index (κ3) is 4.72. The summed E-state index contributed by atoms with van der Waals surface area (Å²) in [6.07, 6.45) is 3.88. The molecule has 0 aliphatic carbocycles. The summed E-state index contributed by atoms with van der Waals surface area (Å²) in [5, 5.41) is 3.57. The molecule has 0 spiro atoms. The van der Waals surface area contributed by atoms with Crippen molar-refractivity contribution in [3.05, 3.63) is 35.3 Å². The Morgan fingerprint density at radius 1 is 1.16 bits per heavy atom. The monoisotopic (exact) mass is 502 g/mol. The molecule has 37 heavy (non-hydrogen) atoms. The number of nitrogens with zero attached hydrogens (tertiary/aromatic N) is 5. The quantitative estimate of drug-likeness (QED) is 0.642. The summed E-state index contributed by atoms with van der Waals surface area (Å²) in [6, 6.07) is 4.74. The van der Waals surface area contributed by atoms with Gasteiger partial charge in [0.15, 0.2) is 5.75 Å². The van der Waals surface area contributed by atoms with Gasteiger partial charge in [-0.15, -0.1) is 0 Å². The first-order valence-electron chi connectivity index (χ1n) is 13.3. The van der Waals surface area contributed by atoms with E-state index in [9.17, 15) is 4.79 Å². The minimum absolute atomic E-state index is 0.0464. The predicted molar refractivity (Wildman–Crippen MR) is 141 cm³/mol. The van der Waals surface area contributed by atoms with Crippen molar-refractivity contribution in [2.45, 2.75) is 45.3 Å². The second-order valence-corrected chi connectivity index (χ2v) is 10.2. The number of rotatable bonds is 3. The van der Waals surface area contributed by atoms with Crippen LogP contribution < -0.4 is 15.0 Å². The van der Waals surface area contributed by atoms with Crippen LogP contribution >= 0.6 is 0 Å². The summed E-state index contributed by atoms with van der Waals surface area (Å²) in [4.78, 5) is 28.4. The van der Waals surface area contributed by atoms with Crippen LogP contribution in [0.1, 0.15) is 42.6 Å². The molecule has 0 aromatic carbocycles. The summed E-state index contributed by atoms with van der Waals surface area (Å²) in [5.74, 6) is 7.38. The molecule has 0 bridgehead atoms. The van der Waals surface area contributed by atoms with Gasteiger partial charge >= 0.3 is 0 Å². The molecule has 6 heterocycles. The molecule has 0 saturated carbocycles. The third-order valence-electron chi connectivity index (χ3n) is 7.99. The lowest BCUT2D eigenvalue weighted by Crippen LogP contribution is -2.54. The molecule has 3 saturated heterocycles. The van der Waals surface area contributed by atoms with Gasteiger partial charge in [-0.1, -0.05) is 5.92 Å². The smallest absolute Gasteiger partial charge is 0.298 e. The van der Waals surface area contributed by atoms with E-state index in [0.717, 1.165) is 105 Å². The van der Waals surface area contributed by atoms with Gasteiger partial charge in [-0.2, -0.15) is 0 Å². The summed E-state index contributed by atoms with van der Waals surface area (Å²) in [7, 11) is 0. The lowest BCUT2D eigenvalue weighted by Gasteiger charge is -2.47. The van der Waals surface area contributed by atoms with Crippen molar-refractivity contribution in [1.82, 2.24) is 19.8 Å². The number of carbonyl (C=O) groups excluding carboxylic acids is 1. The fourth-order valence-corrected chi connectivity index (χ4v) is 5.89. The highest BCUT2D eigenvalue weighted by atomic mass is 16.5. The van der Waals surface area contributed by atoms with Crippen LogP contribution in [0.2, 0.25) is 0 Å². The molecule has 1 N–H and O–H groups in total. The lowest BCUT2D eigenvalue weighted by molar-refractivity contribution is -0.126. The van der Waals surface area contributed by atoms with E-state index >= 15 is 0 Å². The van der Waals surface area contributed by atoms with E-state index < -0.39 is 0 Å². The van der Waals surface area contributed by atoms with Crippen LogP contribution in [0.15, 0.2) is 18.3 Å². The zero-order valence-corrected chi connectivity index (χ0v) is 21.6. The maximum atomic E-state index is 12.0. The molecule has 0 atom stereocenters. The van der Waals surface area contributed by atoms with E-state index in [1.165, 1.54) is 0 Å². The maximum absolute atomic E-state index is 12.0. The molecule has 1 amide bonds. The summed E-state index contributed by atoms with van der Waals surface area (Å²) < 4.78 is 11.9. The maximum Gasteiger partial charge on any atom is 0.298 e. The number of ether oxygens (including phenoxy) is 2. The molecule has 2 aromatic heterocycles. The van der Waals surface area contributed by atoms with Crippen molar-refractivity contribution in [2.24, 2.45) is 0 Å². The van der Waals surface area contributed by atoms with Crippen molar-refractivity contribution in [1.29, 1.82) is 0 Å². The first-order chi connectivity index (χ1) is 18.1. The molecule has 0 unspecified atom stereocenters. The average molecular weight is 503 g/mol. The second kappa shape index (κ2) is 10.2. The number of carbonyl (C=O) groups is 1. The van der Waals surface area contributed by atoms with E-state index in [4.69, 9.17) is 14.5 Å². The molecule has 2 aromatic rings. The number of hydrogen-bond acceptors (Lipinski definition) is 8. The number of hydrogen-bond donors (Lipinski definition) is 1. The summed E-state index contributed by atoms with van der Waals surface area (Å²) >= 11 is 0. The number of likely N-dealkylation sites (tertiary alicyclic amines) is 2. The summed E-state index contributed by atoms with van der Waals surface area (Å²) in [5.41, 5.74) is 5.18. The van der Waals surface area contributed by atoms with Gasteiger partial charge in [0.1, 0.15) is 12.4 Å². The van der Waals surface area contributed by atoms with Gasteiger partial charge in [0, 0.05) is 68.8 Å². The minimum atomic E-state index is -0.0464. The van der Waals surface area contributed by atoms with Crippen LogP contribution in [0, 0.1) is 18.8 Å². The van der Waals surface area contributed by atoms with Gasteiger partial charge < -0.3 is 24.6 Å². The van der Waals surface area contributed by atoms with Crippen molar-refractivity contribution in [3.63, 3.8) is 0 Å². The Morgan fingerprint density at radius 3 is 2.70 bits per heavy atom. The van der Waals surface area contributed by atoms with Crippen LogP contribution in [0.3, 0.4) is 0 Å². The standard InChI is InChI=1S/C28H34N6O3/c1-3-4-26(35)33-9-6-21(7-10-33)34-16-20(17-34)23-15-24-27(19(2)30-23)37-18-22-25(5-8-29-28(22)31-24)32-11-13-36-14-12-32/h5,8,15,20-21H,6-7,9-14,16-18H2,1-2H3,(H,29,31). The highest BCUT2D eigenvalue weighted by molar-refractivity contribution is 5.93. The zero-order chi connectivity index (χ0) is 25.4. The van der Waals surface area contributed by atoms with Crippen LogP contribution in [-0.2, 0) is 16.1 Å². The highest BCUT2D eigenvalue weighted by Crippen LogP contribution is 2.41. The molecule has 0 radical (unpaired) electrons. The van der Waals surface area contributed by atoms with Crippen LogP contribution in [0.4, 0.5) is 17.2 Å². The zero-order valence-electron chi connectivity index (χ0n) is 21.6. The molecule has 6 rings (SSSR count). The second-order valence-electron chi connectivity index (χ2n) is 10.2. The van der Waals surface area contributed by atoms with E-state index in [0.29, 0.717) is 18.6 Å². The third-order valence-corrected chi connectivity index (χ3v) is 7.99. The van der Waals surface area contributed by atoms with Crippen molar-refractivity contribution < 1.29 is 14.3 Å². The molecule has 4 aliphatic rings. The fraction of sp³-hybridized carbons (Fsp3) is 0.536. The molecule has 9 nitrogen and oxygen atoms in total. The summed E-state index contributed by atoms with van der Waals surface area (Å²) in [6.45, 7) is 11.0. The number of fused-ring (bicyclic) bond motifs is 2. The average Bonchev–Trinajstić information content (AvgIpc) is 3.08. The first-order valence-corrected chi connectivity index (χ1v) is 13.3. The van der Waals surface area contributed by atoms with Crippen LogP contribution in [-0.4, -0.2) is 84.2 Å². The Bertz CT molecular complexity index is 1230. The van der Waals surface area contributed by atoms with Crippen LogP contribution in [0.5, 0.6) is 5.75 Å². The first kappa shape index (κ1) is 24.0. The number of aryl methyl sites for hydroxylation is 1. The number of morpholine rings is 1. The van der Waals surface area contributed by atoms with E-state index in [2.05, 4.69) is 44.1 Å². The Hall–Kier alpha value is -3.35. The number of nitrogens with one attached hydrogen (secondary N) is 1. The Kier molecular flexibility index (Phi) is 6.61. The Morgan fingerprint density at radius 2 is 1.95 bits per heavy atom. The van der Waals surface area contributed by atoms with Gasteiger partial charge in [0.05, 0.1) is 30.2 Å². The molecule has 3 fully saturated rings. The number of amides is 1. The van der Waals surface area contributed by atoms with Gasteiger partial charge in [-0.25, -0.2) is 4.98 Å². The van der Waals surface area contributed by atoms with Gasteiger partial charge in [0.25, 0.3) is 5.91 Å². The number of anilines is 3. The van der Waals surface area contributed by atoms with Gasteiger partial charge in [-0.05, 0) is 44.7 Å². The number of piperidine rings is 1. The minimum Gasteiger partial charge on any atom is -0.485 e. The van der Waals surface area contributed by atoms with E-state index in [1.807, 2.05) is 18.0 Å². The van der Waals surface area contributed by atoms with Crippen molar-refractivity contribution >= 4 is 23.1 Å². The molecule has 9 heteroatoms. The van der Waals surface area contributed by atoms with Crippen LogP contribution in [0.25, 0.3) is 0 Å². The lowest BCUT2D eigenvalue weighted by atomic mass is 9.90. The Labute approximate surface area is 218 Å². The van der Waals surface area contributed by atoms with E-state index in [1.54, 1.807) is 6.92 Å². The van der Waals surface area contributed by atoms with Gasteiger partial charge in [-0.3, -0.25) is 14.7 Å². The fourth-order valence-electron chi connectivity index (χ4n) is 5.89. The highest BCUT2D eigenvalue weighted by Gasteiger charge is 2.37. The molecule has 194 valence electrons. The van der Waals surface area contributed by atoms with Gasteiger partial charge in [0.2, 0.25) is 0 Å². The topological polar surface area (TPSA) is 83.1 Å².